The molecule has 180 valence electrons. The number of rotatable bonds is 5. The molecule has 3 heterocycles. The Morgan fingerprint density at radius 1 is 0.892 bits per heavy atom. The molecule has 0 aliphatic rings. The molecule has 0 bridgehead atoms. The molecule has 3 aromatic heterocycles. The van der Waals surface area contributed by atoms with Crippen LogP contribution < -0.4 is 5.32 Å². The van der Waals surface area contributed by atoms with Gasteiger partial charge in [-0.05, 0) is 41.5 Å². The average Bonchev–Trinajstić information content (AvgIpc) is 3.58. The summed E-state index contributed by atoms with van der Waals surface area (Å²) < 4.78 is 6.05. The quantitative estimate of drug-likeness (QED) is 0.227. The molecule has 37 heavy (non-hydrogen) atoms. The summed E-state index contributed by atoms with van der Waals surface area (Å²) in [5.74, 6) is 0.120. The van der Waals surface area contributed by atoms with E-state index in [9.17, 15) is 4.79 Å². The first kappa shape index (κ1) is 23.0. The largest absolute Gasteiger partial charge is 0.436 e. The molecule has 0 fully saturated rings. The van der Waals surface area contributed by atoms with Gasteiger partial charge in [-0.25, -0.2) is 9.97 Å². The maximum absolute atomic E-state index is 12.5. The zero-order valence-corrected chi connectivity index (χ0v) is 20.6. The first-order chi connectivity index (χ1) is 18.0. The van der Waals surface area contributed by atoms with Crippen molar-refractivity contribution < 1.29 is 9.21 Å². The van der Waals surface area contributed by atoms with E-state index in [1.54, 1.807) is 18.3 Å². The Morgan fingerprint density at radius 3 is 2.46 bits per heavy atom. The highest BCUT2D eigenvalue weighted by atomic mass is 35.5. The van der Waals surface area contributed by atoms with Crippen LogP contribution in [-0.4, -0.2) is 26.1 Å². The van der Waals surface area contributed by atoms with Crippen LogP contribution in [0.3, 0.4) is 0 Å². The molecule has 0 unspecified atom stereocenters. The Kier molecular flexibility index (Phi) is 5.92. The standard InChI is InChI=1S/C28H17Cl2N5O2/c29-22-12-19(14-31-26(22)30)27(36)33-20-9-6-17(7-10-20)25-21(15-32-35-25)28-34-23-13-18(8-11-24(23)37-28)16-4-2-1-3-5-16/h1-15H,(H,32,35)(H,33,36). The van der Waals surface area contributed by atoms with Gasteiger partial charge < -0.3 is 9.73 Å². The van der Waals surface area contributed by atoms with E-state index in [-0.39, 0.29) is 16.1 Å². The summed E-state index contributed by atoms with van der Waals surface area (Å²) in [5, 5.41) is 10.5. The Hall–Kier alpha value is -4.46. The van der Waals surface area contributed by atoms with Crippen LogP contribution in [0, 0.1) is 0 Å². The number of carbonyl (C=O) groups excluding carboxylic acids is 1. The molecule has 0 saturated carbocycles. The van der Waals surface area contributed by atoms with Crippen LogP contribution in [-0.2, 0) is 0 Å². The lowest BCUT2D eigenvalue weighted by molar-refractivity contribution is 0.102. The lowest BCUT2D eigenvalue weighted by Crippen LogP contribution is -2.12. The number of halogens is 2. The molecule has 6 aromatic rings. The number of amides is 1. The molecule has 7 nitrogen and oxygen atoms in total. The number of anilines is 1. The first-order valence-electron chi connectivity index (χ1n) is 11.3. The lowest BCUT2D eigenvalue weighted by Gasteiger charge is -2.07. The minimum Gasteiger partial charge on any atom is -0.436 e. The van der Waals surface area contributed by atoms with Gasteiger partial charge in [0.15, 0.2) is 5.58 Å². The molecule has 0 atom stereocenters. The maximum Gasteiger partial charge on any atom is 0.257 e. The molecule has 0 spiro atoms. The van der Waals surface area contributed by atoms with E-state index >= 15 is 0 Å². The van der Waals surface area contributed by atoms with Crippen LogP contribution >= 0.6 is 23.2 Å². The number of H-pyrrole nitrogens is 1. The predicted molar refractivity (Wildman–Crippen MR) is 145 cm³/mol. The van der Waals surface area contributed by atoms with E-state index in [1.165, 1.54) is 12.3 Å². The summed E-state index contributed by atoms with van der Waals surface area (Å²) in [5.41, 5.74) is 6.78. The number of hydrogen-bond donors (Lipinski definition) is 2. The molecule has 0 aliphatic heterocycles. The van der Waals surface area contributed by atoms with Gasteiger partial charge in [0.05, 0.1) is 16.1 Å². The zero-order chi connectivity index (χ0) is 25.4. The molecule has 6 rings (SSSR count). The van der Waals surface area contributed by atoms with Gasteiger partial charge in [0.1, 0.15) is 16.4 Å². The maximum atomic E-state index is 12.5. The number of nitrogens with zero attached hydrogens (tertiary/aromatic N) is 3. The summed E-state index contributed by atoms with van der Waals surface area (Å²) in [6.07, 6.45) is 3.13. The monoisotopic (exact) mass is 525 g/mol. The first-order valence-corrected chi connectivity index (χ1v) is 12.0. The lowest BCUT2D eigenvalue weighted by atomic mass is 10.1. The van der Waals surface area contributed by atoms with Gasteiger partial charge in [0, 0.05) is 23.6 Å². The highest BCUT2D eigenvalue weighted by Gasteiger charge is 2.17. The topological polar surface area (TPSA) is 96.7 Å². The molecule has 3 aromatic carbocycles. The fourth-order valence-corrected chi connectivity index (χ4v) is 4.26. The van der Waals surface area contributed by atoms with Gasteiger partial charge in [0.25, 0.3) is 5.91 Å². The molecule has 0 aliphatic carbocycles. The number of fused-ring (bicyclic) bond motifs is 1. The number of aromatic nitrogens is 4. The summed E-state index contributed by atoms with van der Waals surface area (Å²) in [6, 6.07) is 24.8. The number of benzene rings is 3. The summed E-state index contributed by atoms with van der Waals surface area (Å²) in [6.45, 7) is 0. The molecule has 0 radical (unpaired) electrons. The van der Waals surface area contributed by atoms with Crippen molar-refractivity contribution in [1.82, 2.24) is 20.2 Å². The molecule has 9 heteroatoms. The van der Waals surface area contributed by atoms with Crippen molar-refractivity contribution >= 4 is 45.9 Å². The Bertz CT molecular complexity index is 1740. The second-order valence-electron chi connectivity index (χ2n) is 8.24. The molecular formula is C28H17Cl2N5O2. The Balaban J connectivity index is 1.25. The number of hydrogen-bond acceptors (Lipinski definition) is 5. The van der Waals surface area contributed by atoms with E-state index in [0.29, 0.717) is 28.4 Å². The number of oxazole rings is 1. The van der Waals surface area contributed by atoms with Gasteiger partial charge in [0.2, 0.25) is 5.89 Å². The Labute approximate surface area is 221 Å². The predicted octanol–water partition coefficient (Wildman–Crippen LogP) is 7.51. The van der Waals surface area contributed by atoms with Crippen LogP contribution in [0.2, 0.25) is 10.2 Å². The van der Waals surface area contributed by atoms with Crippen molar-refractivity contribution in [2.45, 2.75) is 0 Å². The van der Waals surface area contributed by atoms with Gasteiger partial charge in [-0.15, -0.1) is 0 Å². The van der Waals surface area contributed by atoms with Crippen LogP contribution in [0.1, 0.15) is 10.4 Å². The van der Waals surface area contributed by atoms with Crippen molar-refractivity contribution in [2.75, 3.05) is 5.32 Å². The number of nitrogens with one attached hydrogen (secondary N) is 2. The van der Waals surface area contributed by atoms with Crippen molar-refractivity contribution in [3.05, 3.63) is 107 Å². The van der Waals surface area contributed by atoms with E-state index in [1.807, 2.05) is 48.5 Å². The summed E-state index contributed by atoms with van der Waals surface area (Å²) in [7, 11) is 0. The summed E-state index contributed by atoms with van der Waals surface area (Å²) >= 11 is 11.8. The van der Waals surface area contributed by atoms with Crippen LogP contribution in [0.25, 0.3) is 44.9 Å². The second-order valence-corrected chi connectivity index (χ2v) is 9.01. The minimum atomic E-state index is -0.347. The van der Waals surface area contributed by atoms with Crippen molar-refractivity contribution in [1.29, 1.82) is 0 Å². The molecule has 0 saturated heterocycles. The van der Waals surface area contributed by atoms with Gasteiger partial charge in [-0.3, -0.25) is 9.89 Å². The zero-order valence-electron chi connectivity index (χ0n) is 19.1. The summed E-state index contributed by atoms with van der Waals surface area (Å²) in [4.78, 5) is 21.2. The number of pyridine rings is 1. The van der Waals surface area contributed by atoms with Crippen LogP contribution in [0.5, 0.6) is 0 Å². The van der Waals surface area contributed by atoms with Crippen molar-refractivity contribution in [3.63, 3.8) is 0 Å². The smallest absolute Gasteiger partial charge is 0.257 e. The van der Waals surface area contributed by atoms with Gasteiger partial charge >= 0.3 is 0 Å². The average molecular weight is 526 g/mol. The third-order valence-electron chi connectivity index (χ3n) is 5.84. The number of aromatic amines is 1. The normalized spacial score (nSPS) is 11.1. The molecule has 1 amide bonds. The van der Waals surface area contributed by atoms with Crippen LogP contribution in [0.15, 0.2) is 95.7 Å². The van der Waals surface area contributed by atoms with Gasteiger partial charge in [-0.2, -0.15) is 5.10 Å². The molecule has 2 N–H and O–H groups in total. The third-order valence-corrected chi connectivity index (χ3v) is 6.53. The highest BCUT2D eigenvalue weighted by molar-refractivity contribution is 6.41. The van der Waals surface area contributed by atoms with Crippen molar-refractivity contribution in [3.8, 4) is 33.8 Å². The minimum absolute atomic E-state index is 0.146. The van der Waals surface area contributed by atoms with E-state index < -0.39 is 0 Å². The van der Waals surface area contributed by atoms with Crippen LogP contribution in [0.4, 0.5) is 5.69 Å². The van der Waals surface area contributed by atoms with Gasteiger partial charge in [-0.1, -0.05) is 71.7 Å². The third kappa shape index (κ3) is 4.58. The van der Waals surface area contributed by atoms with Crippen molar-refractivity contribution in [2.24, 2.45) is 0 Å². The fraction of sp³-hybridized carbons (Fsp3) is 0. The molecular weight excluding hydrogens is 509 g/mol. The SMILES string of the molecule is O=C(Nc1ccc(-c2n[nH]cc2-c2nc3cc(-c4ccccc4)ccc3o2)cc1)c1cnc(Cl)c(Cl)c1. The Morgan fingerprint density at radius 2 is 1.68 bits per heavy atom. The highest BCUT2D eigenvalue weighted by Crippen LogP contribution is 2.33. The van der Waals surface area contributed by atoms with E-state index in [2.05, 4.69) is 32.6 Å². The van der Waals surface area contributed by atoms with E-state index in [4.69, 9.17) is 32.6 Å². The number of carbonyl (C=O) groups is 1. The van der Waals surface area contributed by atoms with E-state index in [0.717, 1.165) is 27.8 Å². The fourth-order valence-electron chi connectivity index (χ4n) is 3.99. The second kappa shape index (κ2) is 9.54.